The first-order valence-electron chi connectivity index (χ1n) is 14.6. The number of alkyl halides is 3. The van der Waals surface area contributed by atoms with Crippen molar-refractivity contribution in [1.29, 1.82) is 0 Å². The number of hydrogen-bond donors (Lipinski definition) is 0. The molecule has 3 rings (SSSR count). The quantitative estimate of drug-likeness (QED) is 0.0864. The van der Waals surface area contributed by atoms with Crippen molar-refractivity contribution in [3.05, 3.63) is 33.1 Å². The summed E-state index contributed by atoms with van der Waals surface area (Å²) in [4.78, 5) is 31.1. The van der Waals surface area contributed by atoms with E-state index < -0.39 is 5.51 Å². The molecular weight excluding hydrogens is 645 g/mol. The second-order valence-corrected chi connectivity index (χ2v) is 13.7. The van der Waals surface area contributed by atoms with Gasteiger partial charge in [0.2, 0.25) is 5.91 Å². The van der Waals surface area contributed by atoms with E-state index in [1.54, 1.807) is 22.9 Å². The third-order valence-electron chi connectivity index (χ3n) is 6.70. The number of carbonyl (C=O) groups is 2. The maximum absolute atomic E-state index is 13.2. The lowest BCUT2D eigenvalue weighted by Crippen LogP contribution is -2.43. The van der Waals surface area contributed by atoms with Crippen molar-refractivity contribution >= 4 is 52.3 Å². The lowest BCUT2D eigenvalue weighted by molar-refractivity contribution is -0.139. The van der Waals surface area contributed by atoms with Gasteiger partial charge in [0.15, 0.2) is 0 Å². The average molecular weight is 689 g/mol. The predicted octanol–water partition coefficient (Wildman–Crippen LogP) is 8.62. The van der Waals surface area contributed by atoms with Crippen LogP contribution in [0.15, 0.2) is 28.2 Å². The third kappa shape index (κ3) is 12.9. The molecule has 0 atom stereocenters. The van der Waals surface area contributed by atoms with Crippen LogP contribution in [0.1, 0.15) is 84.2 Å². The summed E-state index contributed by atoms with van der Waals surface area (Å²) in [5.74, 6) is -0.345. The van der Waals surface area contributed by atoms with Gasteiger partial charge in [0.05, 0.1) is 18.5 Å². The summed E-state index contributed by atoms with van der Waals surface area (Å²) in [6.07, 6.45) is 9.46. The molecule has 2 heterocycles. The number of ether oxygens (including phenoxy) is 1. The van der Waals surface area contributed by atoms with Crippen molar-refractivity contribution in [1.82, 2.24) is 14.9 Å². The minimum atomic E-state index is -4.40. The molecule has 0 radical (unpaired) electrons. The monoisotopic (exact) mass is 688 g/mol. The summed E-state index contributed by atoms with van der Waals surface area (Å²) >= 11 is 7.80. The highest BCUT2D eigenvalue weighted by atomic mass is 35.5. The van der Waals surface area contributed by atoms with Crippen LogP contribution in [0.25, 0.3) is 11.3 Å². The third-order valence-corrected chi connectivity index (χ3v) is 8.82. The van der Waals surface area contributed by atoms with Crippen LogP contribution in [-0.2, 0) is 19.7 Å². The summed E-state index contributed by atoms with van der Waals surface area (Å²) in [6.45, 7) is 15.2. The van der Waals surface area contributed by atoms with Crippen LogP contribution in [-0.4, -0.2) is 71.3 Å². The zero-order valence-electron chi connectivity index (χ0n) is 27.3. The van der Waals surface area contributed by atoms with E-state index in [4.69, 9.17) is 16.6 Å². The zero-order chi connectivity index (χ0) is 34.5. The van der Waals surface area contributed by atoms with Crippen LogP contribution in [0.5, 0.6) is 0 Å². The van der Waals surface area contributed by atoms with Gasteiger partial charge in [0.25, 0.3) is 0 Å². The van der Waals surface area contributed by atoms with E-state index in [1.807, 2.05) is 47.6 Å². The molecule has 1 saturated heterocycles. The number of esters is 1. The number of methoxy groups -OCH3 is 1. The van der Waals surface area contributed by atoms with Gasteiger partial charge in [-0.05, 0) is 67.6 Å². The molecule has 13 heteroatoms. The maximum atomic E-state index is 13.2. The lowest BCUT2D eigenvalue weighted by atomic mass is 9.86. The first-order valence-corrected chi connectivity index (χ1v) is 16.7. The van der Waals surface area contributed by atoms with E-state index in [0.29, 0.717) is 53.8 Å². The van der Waals surface area contributed by atoms with Crippen LogP contribution in [0.2, 0.25) is 4.34 Å². The Morgan fingerprint density at radius 3 is 2.29 bits per heavy atom. The van der Waals surface area contributed by atoms with E-state index >= 15 is 0 Å². The summed E-state index contributed by atoms with van der Waals surface area (Å²) in [7, 11) is 1.32. The van der Waals surface area contributed by atoms with Crippen LogP contribution >= 0.6 is 34.7 Å². The number of terminal acetylenes is 1. The van der Waals surface area contributed by atoms with Crippen molar-refractivity contribution in [2.24, 2.45) is 5.10 Å². The van der Waals surface area contributed by atoms with Crippen molar-refractivity contribution in [3.63, 3.8) is 0 Å². The number of likely N-dealkylation sites (tertiary alicyclic amines) is 1. The number of hydrogen-bond acceptors (Lipinski definition) is 8. The largest absolute Gasteiger partial charge is 0.469 e. The minimum absolute atomic E-state index is 0.0496. The lowest BCUT2D eigenvalue weighted by Gasteiger charge is -2.32. The zero-order valence-corrected chi connectivity index (χ0v) is 29.6. The van der Waals surface area contributed by atoms with Gasteiger partial charge in [-0.3, -0.25) is 14.6 Å². The average Bonchev–Trinajstić information content (AvgIpc) is 3.38. The number of likely N-dealkylation sites (N-methyl/N-ethyl adjacent to an activating group) is 1. The number of benzene rings is 1. The second kappa shape index (κ2) is 18.4. The molecule has 1 aliphatic rings. The smallest absolute Gasteiger partial charge is 0.446 e. The molecule has 2 aromatic rings. The molecule has 1 aromatic carbocycles. The molecule has 1 aliphatic heterocycles. The Morgan fingerprint density at radius 1 is 1.18 bits per heavy atom. The number of carbonyl (C=O) groups excluding carboxylic acids is 2. The van der Waals surface area contributed by atoms with Crippen LogP contribution in [0.4, 0.5) is 13.2 Å². The maximum Gasteiger partial charge on any atom is 0.446 e. The van der Waals surface area contributed by atoms with E-state index in [2.05, 4.69) is 22.7 Å². The molecule has 0 spiro atoms. The van der Waals surface area contributed by atoms with Gasteiger partial charge < -0.3 is 9.64 Å². The van der Waals surface area contributed by atoms with Gasteiger partial charge in [-0.25, -0.2) is 4.98 Å². The van der Waals surface area contributed by atoms with Gasteiger partial charge in [0.1, 0.15) is 16.6 Å². The molecule has 250 valence electrons. The Bertz CT molecular complexity index is 1310. The molecule has 0 N–H and O–H groups in total. The molecule has 0 saturated carbocycles. The number of nitrogens with zero attached hydrogens (tertiary/aromatic N) is 4. The highest BCUT2D eigenvalue weighted by molar-refractivity contribution is 8.00. The Balaban J connectivity index is 0.00000243. The number of thiazole rings is 1. The highest BCUT2D eigenvalue weighted by Crippen LogP contribution is 2.43. The van der Waals surface area contributed by atoms with Crippen LogP contribution in [0.3, 0.4) is 0 Å². The molecule has 45 heavy (non-hydrogen) atoms. The van der Waals surface area contributed by atoms with Gasteiger partial charge in [-0.1, -0.05) is 46.2 Å². The van der Waals surface area contributed by atoms with Crippen LogP contribution < -0.4 is 0 Å². The first-order chi connectivity index (χ1) is 21.1. The fourth-order valence-corrected chi connectivity index (χ4v) is 6.45. The number of thioether (sulfide) groups is 1. The highest BCUT2D eigenvalue weighted by Gasteiger charge is 2.31. The predicted molar refractivity (Wildman–Crippen MR) is 180 cm³/mol. The van der Waals surface area contributed by atoms with Crippen molar-refractivity contribution in [2.45, 2.75) is 89.5 Å². The van der Waals surface area contributed by atoms with E-state index in [-0.39, 0.29) is 52.8 Å². The molecule has 7 nitrogen and oxygen atoms in total. The Labute approximate surface area is 278 Å². The summed E-state index contributed by atoms with van der Waals surface area (Å²) in [6, 6.07) is 4.93. The molecular formula is C32H44ClF3N4O3S2. The number of rotatable bonds is 9. The van der Waals surface area contributed by atoms with E-state index in [1.165, 1.54) is 24.5 Å². The standard InChI is InChI=1S/C28H36ClF3N4O3S2.C2H6.C2H2/c1-7-36(34-17(2)12-23(38)39-6)16-22(37)35-10-8-18(9-11-35)26-33-24(25(29)40-26)19-13-20(27(3,4)5)15-21(14-19)41-28(30,31)32;2*1-2/h13-15,18H,7-12,16H2,1-6H3;1-2H3;1-2H/b34-17+;;. The SMILES string of the molecule is C#C.CC.CCN(CC(=O)N1CCC(c2nc(-c3cc(SC(F)(F)F)cc(C(C)(C)C)c3)c(Cl)s2)CC1)/N=C(\C)CC(=O)OC. The molecule has 1 aromatic heterocycles. The summed E-state index contributed by atoms with van der Waals surface area (Å²) < 4.78 is 44.7. The van der Waals surface area contributed by atoms with E-state index in [9.17, 15) is 22.8 Å². The fraction of sp³-hybridized carbons (Fsp3) is 0.562. The second-order valence-electron chi connectivity index (χ2n) is 10.9. The minimum Gasteiger partial charge on any atom is -0.469 e. The topological polar surface area (TPSA) is 75.1 Å². The molecule has 1 amide bonds. The number of halogens is 4. The first kappa shape index (κ1) is 40.3. The molecule has 1 fully saturated rings. The fourth-order valence-electron chi connectivity index (χ4n) is 4.44. The van der Waals surface area contributed by atoms with Crippen molar-refractivity contribution < 1.29 is 27.5 Å². The number of aromatic nitrogens is 1. The summed E-state index contributed by atoms with van der Waals surface area (Å²) in [5.41, 5.74) is -2.38. The Kier molecular flexibility index (Phi) is 16.5. The molecule has 0 bridgehead atoms. The van der Waals surface area contributed by atoms with Crippen molar-refractivity contribution in [2.75, 3.05) is 33.3 Å². The van der Waals surface area contributed by atoms with Gasteiger partial charge in [0, 0.05) is 41.7 Å². The summed E-state index contributed by atoms with van der Waals surface area (Å²) in [5, 5.41) is 6.84. The number of amides is 1. The number of piperidine rings is 1. The normalized spacial score (nSPS) is 14.1. The molecule has 0 aliphatic carbocycles. The Morgan fingerprint density at radius 2 is 1.78 bits per heavy atom. The molecule has 0 unspecified atom stereocenters. The van der Waals surface area contributed by atoms with Gasteiger partial charge >= 0.3 is 11.5 Å². The van der Waals surface area contributed by atoms with Crippen molar-refractivity contribution in [3.8, 4) is 24.1 Å². The number of hydrazone groups is 1. The van der Waals surface area contributed by atoms with Gasteiger partial charge in [-0.2, -0.15) is 18.3 Å². The Hall–Kier alpha value is -2.75. The van der Waals surface area contributed by atoms with Crippen LogP contribution in [0, 0.1) is 12.8 Å². The van der Waals surface area contributed by atoms with E-state index in [0.717, 1.165) is 10.6 Å². The van der Waals surface area contributed by atoms with Gasteiger partial charge in [-0.15, -0.1) is 24.2 Å².